The van der Waals surface area contributed by atoms with Gasteiger partial charge in [-0.2, -0.15) is 0 Å². The Kier molecular flexibility index (Phi) is 4.27. The van der Waals surface area contributed by atoms with E-state index in [4.69, 9.17) is 9.84 Å². The molecule has 1 aromatic rings. The summed E-state index contributed by atoms with van der Waals surface area (Å²) in [6.07, 6.45) is -1.76. The molecule has 2 atom stereocenters. The number of ether oxygens (including phenoxy) is 1. The molecule has 0 heterocycles. The molecule has 15 heavy (non-hydrogen) atoms. The van der Waals surface area contributed by atoms with E-state index in [1.165, 1.54) is 6.92 Å². The van der Waals surface area contributed by atoms with Gasteiger partial charge in [0, 0.05) is 0 Å². The molecule has 0 spiro atoms. The minimum atomic E-state index is -1.04. The first-order valence-electron chi connectivity index (χ1n) is 4.70. The van der Waals surface area contributed by atoms with Crippen LogP contribution in [-0.4, -0.2) is 35.0 Å². The summed E-state index contributed by atoms with van der Waals surface area (Å²) < 4.78 is 4.94. The monoisotopic (exact) mass is 210 g/mol. The lowest BCUT2D eigenvalue weighted by molar-refractivity contribution is -0.0293. The molecule has 4 heteroatoms. The first-order valence-corrected chi connectivity index (χ1v) is 4.70. The third-order valence-corrected chi connectivity index (χ3v) is 2.03. The van der Waals surface area contributed by atoms with Crippen molar-refractivity contribution >= 4 is 5.97 Å². The van der Waals surface area contributed by atoms with E-state index in [0.717, 1.165) is 0 Å². The van der Waals surface area contributed by atoms with E-state index >= 15 is 0 Å². The number of hydrogen-bond acceptors (Lipinski definition) is 4. The van der Waals surface area contributed by atoms with Gasteiger partial charge in [0.05, 0.1) is 12.2 Å². The maximum Gasteiger partial charge on any atom is 0.338 e. The highest BCUT2D eigenvalue weighted by Gasteiger charge is 2.18. The lowest BCUT2D eigenvalue weighted by atomic mass is 10.2. The van der Waals surface area contributed by atoms with E-state index in [9.17, 15) is 9.90 Å². The molecule has 0 aliphatic heterocycles. The Bertz CT molecular complexity index is 310. The molecule has 0 saturated heterocycles. The molecule has 0 aliphatic carbocycles. The molecule has 0 amide bonds. The Balaban J connectivity index is 2.57. The summed E-state index contributed by atoms with van der Waals surface area (Å²) in [5.41, 5.74) is 0.425. The number of carbonyl (C=O) groups is 1. The zero-order valence-corrected chi connectivity index (χ0v) is 8.46. The van der Waals surface area contributed by atoms with Gasteiger partial charge in [-0.25, -0.2) is 4.79 Å². The second kappa shape index (κ2) is 5.48. The molecule has 0 saturated carbocycles. The number of aliphatic hydroxyl groups excluding tert-OH is 2. The lowest BCUT2D eigenvalue weighted by Gasteiger charge is -2.17. The molecule has 0 aromatic heterocycles. The summed E-state index contributed by atoms with van der Waals surface area (Å²) in [7, 11) is 0. The number of carbonyl (C=O) groups excluding carboxylic acids is 1. The van der Waals surface area contributed by atoms with Gasteiger partial charge in [0.1, 0.15) is 12.2 Å². The Morgan fingerprint density at radius 1 is 1.40 bits per heavy atom. The van der Waals surface area contributed by atoms with Crippen molar-refractivity contribution in [2.75, 3.05) is 6.61 Å². The highest BCUT2D eigenvalue weighted by atomic mass is 16.6. The molecule has 82 valence electrons. The van der Waals surface area contributed by atoms with Crippen LogP contribution in [0.2, 0.25) is 0 Å². The van der Waals surface area contributed by atoms with Crippen LogP contribution in [0, 0.1) is 0 Å². The van der Waals surface area contributed by atoms with Crippen LogP contribution < -0.4 is 0 Å². The van der Waals surface area contributed by atoms with Crippen LogP contribution in [-0.2, 0) is 4.74 Å². The fourth-order valence-electron chi connectivity index (χ4n) is 1.04. The maximum absolute atomic E-state index is 11.5. The first-order chi connectivity index (χ1) is 7.15. The maximum atomic E-state index is 11.5. The molecule has 2 N–H and O–H groups in total. The molecule has 0 unspecified atom stereocenters. The van der Waals surface area contributed by atoms with Crippen LogP contribution >= 0.6 is 0 Å². The lowest BCUT2D eigenvalue weighted by Crippen LogP contribution is -2.31. The predicted molar refractivity (Wildman–Crippen MR) is 54.4 cm³/mol. The Morgan fingerprint density at radius 2 is 2.00 bits per heavy atom. The van der Waals surface area contributed by atoms with Crippen molar-refractivity contribution in [1.82, 2.24) is 0 Å². The summed E-state index contributed by atoms with van der Waals surface area (Å²) in [5, 5.41) is 17.8. The highest BCUT2D eigenvalue weighted by molar-refractivity contribution is 5.89. The van der Waals surface area contributed by atoms with Crippen molar-refractivity contribution in [3.8, 4) is 0 Å². The standard InChI is InChI=1S/C11H14O4/c1-8(10(13)7-12)15-11(14)9-5-3-2-4-6-9/h2-6,8,10,12-13H,7H2,1H3/t8-,10-/m0/s1. The smallest absolute Gasteiger partial charge is 0.338 e. The van der Waals surface area contributed by atoms with Gasteiger partial charge >= 0.3 is 5.97 Å². The molecule has 1 aromatic carbocycles. The summed E-state index contributed by atoms with van der Waals surface area (Å²) in [6.45, 7) is 1.10. The molecule has 4 nitrogen and oxygen atoms in total. The Labute approximate surface area is 88.1 Å². The summed E-state index contributed by atoms with van der Waals surface area (Å²) in [5.74, 6) is -0.504. The van der Waals surface area contributed by atoms with Crippen LogP contribution in [0.3, 0.4) is 0 Å². The van der Waals surface area contributed by atoms with Gasteiger partial charge in [-0.3, -0.25) is 0 Å². The Hall–Kier alpha value is -1.39. The van der Waals surface area contributed by atoms with E-state index in [0.29, 0.717) is 5.56 Å². The second-order valence-electron chi connectivity index (χ2n) is 3.23. The van der Waals surface area contributed by atoms with Crippen LogP contribution in [0.4, 0.5) is 0 Å². The summed E-state index contributed by atoms with van der Waals surface area (Å²) >= 11 is 0. The fourth-order valence-corrected chi connectivity index (χ4v) is 1.04. The van der Waals surface area contributed by atoms with Gasteiger partial charge in [0.25, 0.3) is 0 Å². The second-order valence-corrected chi connectivity index (χ2v) is 3.23. The van der Waals surface area contributed by atoms with Crippen molar-refractivity contribution in [1.29, 1.82) is 0 Å². The summed E-state index contributed by atoms with van der Waals surface area (Å²) in [4.78, 5) is 11.5. The van der Waals surface area contributed by atoms with E-state index in [1.807, 2.05) is 0 Å². The fraction of sp³-hybridized carbons (Fsp3) is 0.364. The first kappa shape index (κ1) is 11.7. The molecule has 1 rings (SSSR count). The Morgan fingerprint density at radius 3 is 2.53 bits per heavy atom. The number of benzene rings is 1. The minimum absolute atomic E-state index is 0.425. The minimum Gasteiger partial charge on any atom is -0.456 e. The third-order valence-electron chi connectivity index (χ3n) is 2.03. The molecular weight excluding hydrogens is 196 g/mol. The average Bonchev–Trinajstić information content (AvgIpc) is 2.29. The number of hydrogen-bond donors (Lipinski definition) is 2. The number of esters is 1. The third kappa shape index (κ3) is 3.34. The average molecular weight is 210 g/mol. The van der Waals surface area contributed by atoms with Gasteiger partial charge in [0.2, 0.25) is 0 Å². The predicted octanol–water partition coefficient (Wildman–Crippen LogP) is 0.585. The van der Waals surface area contributed by atoms with Gasteiger partial charge in [-0.15, -0.1) is 0 Å². The topological polar surface area (TPSA) is 66.8 Å². The van der Waals surface area contributed by atoms with E-state index in [-0.39, 0.29) is 0 Å². The van der Waals surface area contributed by atoms with Gasteiger partial charge < -0.3 is 14.9 Å². The van der Waals surface area contributed by atoms with Gasteiger partial charge in [-0.05, 0) is 19.1 Å². The van der Waals surface area contributed by atoms with E-state index in [2.05, 4.69) is 0 Å². The van der Waals surface area contributed by atoms with Crippen LogP contribution in [0.15, 0.2) is 30.3 Å². The van der Waals surface area contributed by atoms with Crippen LogP contribution in [0.5, 0.6) is 0 Å². The van der Waals surface area contributed by atoms with Crippen molar-refractivity contribution in [2.45, 2.75) is 19.1 Å². The van der Waals surface area contributed by atoms with E-state index < -0.39 is 24.8 Å². The molecule has 0 radical (unpaired) electrons. The largest absolute Gasteiger partial charge is 0.456 e. The number of aliphatic hydroxyl groups is 2. The van der Waals surface area contributed by atoms with Crippen molar-refractivity contribution < 1.29 is 19.7 Å². The molecule has 0 fully saturated rings. The van der Waals surface area contributed by atoms with Crippen molar-refractivity contribution in [2.24, 2.45) is 0 Å². The van der Waals surface area contributed by atoms with Crippen LogP contribution in [0.1, 0.15) is 17.3 Å². The molecule has 0 bridgehead atoms. The van der Waals surface area contributed by atoms with E-state index in [1.54, 1.807) is 30.3 Å². The van der Waals surface area contributed by atoms with Crippen molar-refractivity contribution in [3.63, 3.8) is 0 Å². The van der Waals surface area contributed by atoms with Gasteiger partial charge in [0.15, 0.2) is 0 Å². The molecular formula is C11H14O4. The van der Waals surface area contributed by atoms with Gasteiger partial charge in [-0.1, -0.05) is 18.2 Å². The molecule has 0 aliphatic rings. The quantitative estimate of drug-likeness (QED) is 0.713. The summed E-state index contributed by atoms with van der Waals surface area (Å²) in [6, 6.07) is 8.50. The van der Waals surface area contributed by atoms with Crippen LogP contribution in [0.25, 0.3) is 0 Å². The zero-order chi connectivity index (χ0) is 11.3. The van der Waals surface area contributed by atoms with Crippen molar-refractivity contribution in [3.05, 3.63) is 35.9 Å². The SMILES string of the molecule is C[C@H](OC(=O)c1ccccc1)[C@@H](O)CO. The normalized spacial score (nSPS) is 14.3. The number of rotatable bonds is 4. The highest BCUT2D eigenvalue weighted by Crippen LogP contribution is 2.05. The zero-order valence-electron chi connectivity index (χ0n) is 8.46.